The largest absolute Gasteiger partial charge is 0.444 e. The maximum absolute atomic E-state index is 14.5. The first-order valence-electron chi connectivity index (χ1n) is 16.3. The number of nitrogens with zero attached hydrogens (tertiary/aromatic N) is 1. The quantitative estimate of drug-likeness (QED) is 0.175. The number of carbonyl (C=O) groups excluding carboxylic acids is 5. The Morgan fingerprint density at radius 2 is 1.73 bits per heavy atom. The summed E-state index contributed by atoms with van der Waals surface area (Å²) in [7, 11) is 0. The molecule has 10 nitrogen and oxygen atoms in total. The number of allylic oxidation sites excluding steroid dienone is 1. The Hall–Kier alpha value is -3.69. The first kappa shape index (κ1) is 34.2. The van der Waals surface area contributed by atoms with Crippen molar-refractivity contribution in [3.05, 3.63) is 48.0 Å². The Bertz CT molecular complexity index is 1290. The number of Topliss-reactive ketones (excluding diaryl/α,β-unsaturated/α-hetero) is 1. The summed E-state index contributed by atoms with van der Waals surface area (Å²) in [6, 6.07) is 5.19. The van der Waals surface area contributed by atoms with E-state index in [0.717, 1.165) is 24.0 Å². The molecule has 0 aromatic heterocycles. The van der Waals surface area contributed by atoms with E-state index in [1.807, 2.05) is 31.2 Å². The van der Waals surface area contributed by atoms with E-state index in [4.69, 9.17) is 4.74 Å². The van der Waals surface area contributed by atoms with Gasteiger partial charge in [-0.3, -0.25) is 19.2 Å². The number of unbranched alkanes of at least 4 members (excludes halogenated alkanes) is 1. The van der Waals surface area contributed by atoms with Crippen molar-refractivity contribution in [3.8, 4) is 0 Å². The minimum absolute atomic E-state index is 0.0971. The van der Waals surface area contributed by atoms with Crippen LogP contribution in [0.1, 0.15) is 78.4 Å². The number of ether oxygens (including phenoxy) is 1. The zero-order chi connectivity index (χ0) is 33.1. The average Bonchev–Trinajstić information content (AvgIpc) is 3.34. The van der Waals surface area contributed by atoms with Gasteiger partial charge in [0.15, 0.2) is 0 Å². The van der Waals surface area contributed by atoms with Gasteiger partial charge in [0.2, 0.25) is 17.6 Å². The summed E-state index contributed by atoms with van der Waals surface area (Å²) in [5.41, 5.74) is 1.33. The van der Waals surface area contributed by atoms with Crippen LogP contribution in [0.2, 0.25) is 0 Å². The van der Waals surface area contributed by atoms with E-state index in [-0.39, 0.29) is 35.5 Å². The Morgan fingerprint density at radius 1 is 1.09 bits per heavy atom. The minimum atomic E-state index is -1.05. The molecule has 45 heavy (non-hydrogen) atoms. The SMILES string of the molecule is C=CCCC(NC(=O)[C@@H]1[C@@H]2C(CN1C(=O)[C@@H](NC(=O)OC(C)(C)C)C1Cc3ccccc3C1)C2(C)C)C(=O)C(=O)NCCCC. The van der Waals surface area contributed by atoms with Crippen LogP contribution in [-0.2, 0) is 36.8 Å². The number of hydrogen-bond donors (Lipinski definition) is 3. The summed E-state index contributed by atoms with van der Waals surface area (Å²) in [5.74, 6) is -2.48. The van der Waals surface area contributed by atoms with Crippen molar-refractivity contribution < 1.29 is 28.7 Å². The van der Waals surface area contributed by atoms with E-state index in [1.165, 1.54) is 0 Å². The fourth-order valence-corrected chi connectivity index (χ4v) is 7.07. The Labute approximate surface area is 267 Å². The van der Waals surface area contributed by atoms with Gasteiger partial charge in [0, 0.05) is 13.1 Å². The van der Waals surface area contributed by atoms with Gasteiger partial charge in [-0.1, -0.05) is 57.5 Å². The molecule has 3 aliphatic rings. The third kappa shape index (κ3) is 7.76. The van der Waals surface area contributed by atoms with Crippen LogP contribution in [0.3, 0.4) is 0 Å². The molecule has 0 radical (unpaired) electrons. The van der Waals surface area contributed by atoms with Crippen LogP contribution < -0.4 is 16.0 Å². The molecule has 1 saturated carbocycles. The van der Waals surface area contributed by atoms with E-state index in [9.17, 15) is 24.0 Å². The summed E-state index contributed by atoms with van der Waals surface area (Å²) < 4.78 is 5.55. The zero-order valence-corrected chi connectivity index (χ0v) is 27.6. The molecule has 2 aliphatic carbocycles. The summed E-state index contributed by atoms with van der Waals surface area (Å²) in [4.78, 5) is 68.9. The normalized spacial score (nSPS) is 22.8. The Morgan fingerprint density at radius 3 is 2.31 bits per heavy atom. The van der Waals surface area contributed by atoms with Crippen molar-refractivity contribution in [1.29, 1.82) is 0 Å². The predicted octanol–water partition coefficient (Wildman–Crippen LogP) is 3.71. The standard InChI is InChI=1S/C35H50N4O6/c1-8-10-16-25(29(40)31(42)36-17-11-9-2)37-30(41)28-26-24(35(26,6)7)20-39(28)32(43)27(38-33(44)45-34(3,4)5)23-18-21-14-12-13-15-22(21)19-23/h8,12-15,23-28H,1,9-11,16-20H2,2-7H3,(H,36,42)(H,37,41)(H,38,44)/t24?,25?,26-,27-,28-/m0/s1. The van der Waals surface area contributed by atoms with Crippen molar-refractivity contribution in [3.63, 3.8) is 0 Å². The molecule has 1 saturated heterocycles. The first-order valence-corrected chi connectivity index (χ1v) is 16.3. The second kappa shape index (κ2) is 13.7. The number of piperidine rings is 1. The molecular formula is C35H50N4O6. The summed E-state index contributed by atoms with van der Waals surface area (Å²) in [6.07, 6.45) is 4.42. The van der Waals surface area contributed by atoms with Crippen LogP contribution in [0.15, 0.2) is 36.9 Å². The second-order valence-corrected chi connectivity index (χ2v) is 14.4. The molecule has 4 rings (SSSR count). The Kier molecular flexibility index (Phi) is 10.4. The molecule has 5 atom stereocenters. The third-order valence-corrected chi connectivity index (χ3v) is 9.58. The number of rotatable bonds is 13. The molecule has 1 aromatic rings. The molecule has 3 N–H and O–H groups in total. The van der Waals surface area contributed by atoms with E-state index in [0.29, 0.717) is 32.4 Å². The lowest BCUT2D eigenvalue weighted by atomic mass is 9.93. The molecular weight excluding hydrogens is 572 g/mol. The topological polar surface area (TPSA) is 134 Å². The van der Waals surface area contributed by atoms with E-state index in [1.54, 1.807) is 31.7 Å². The highest BCUT2D eigenvalue weighted by molar-refractivity contribution is 6.38. The number of benzene rings is 1. The number of nitrogens with one attached hydrogen (secondary N) is 3. The number of fused-ring (bicyclic) bond motifs is 2. The molecule has 0 bridgehead atoms. The van der Waals surface area contributed by atoms with Crippen LogP contribution in [0.25, 0.3) is 0 Å². The monoisotopic (exact) mass is 622 g/mol. The third-order valence-electron chi connectivity index (χ3n) is 9.58. The van der Waals surface area contributed by atoms with Crippen molar-refractivity contribution in [2.75, 3.05) is 13.1 Å². The van der Waals surface area contributed by atoms with Crippen LogP contribution in [0.5, 0.6) is 0 Å². The van der Waals surface area contributed by atoms with Gasteiger partial charge in [-0.05, 0) is 87.2 Å². The van der Waals surface area contributed by atoms with Gasteiger partial charge in [0.05, 0.1) is 6.04 Å². The maximum Gasteiger partial charge on any atom is 0.408 e. The molecule has 1 aliphatic heterocycles. The molecule has 246 valence electrons. The van der Waals surface area contributed by atoms with Crippen molar-refractivity contribution in [1.82, 2.24) is 20.9 Å². The van der Waals surface area contributed by atoms with Gasteiger partial charge in [0.25, 0.3) is 5.91 Å². The van der Waals surface area contributed by atoms with Crippen molar-refractivity contribution in [2.24, 2.45) is 23.2 Å². The Balaban J connectivity index is 1.58. The summed E-state index contributed by atoms with van der Waals surface area (Å²) in [5, 5.41) is 8.34. The first-order chi connectivity index (χ1) is 21.2. The van der Waals surface area contributed by atoms with Gasteiger partial charge >= 0.3 is 6.09 Å². The second-order valence-electron chi connectivity index (χ2n) is 14.4. The van der Waals surface area contributed by atoms with E-state index < -0.39 is 47.4 Å². The smallest absolute Gasteiger partial charge is 0.408 e. The maximum atomic E-state index is 14.5. The average molecular weight is 623 g/mol. The van der Waals surface area contributed by atoms with E-state index in [2.05, 4.69) is 36.4 Å². The molecule has 2 fully saturated rings. The molecule has 1 aromatic carbocycles. The van der Waals surface area contributed by atoms with Crippen LogP contribution in [0.4, 0.5) is 4.79 Å². The summed E-state index contributed by atoms with van der Waals surface area (Å²) >= 11 is 0. The summed E-state index contributed by atoms with van der Waals surface area (Å²) in [6.45, 7) is 15.9. The van der Waals surface area contributed by atoms with Crippen molar-refractivity contribution in [2.45, 2.75) is 104 Å². The fraction of sp³-hybridized carbons (Fsp3) is 0.629. The van der Waals surface area contributed by atoms with Gasteiger partial charge in [-0.15, -0.1) is 6.58 Å². The molecule has 2 unspecified atom stereocenters. The van der Waals surface area contributed by atoms with Gasteiger partial charge < -0.3 is 25.6 Å². The fourth-order valence-electron chi connectivity index (χ4n) is 7.07. The number of alkyl carbamates (subject to hydrolysis) is 1. The minimum Gasteiger partial charge on any atom is -0.444 e. The lowest BCUT2D eigenvalue weighted by Crippen LogP contribution is -2.59. The molecule has 1 heterocycles. The van der Waals surface area contributed by atoms with Crippen LogP contribution >= 0.6 is 0 Å². The number of likely N-dealkylation sites (tertiary alicyclic amines) is 1. The van der Waals surface area contributed by atoms with Gasteiger partial charge in [0.1, 0.15) is 17.7 Å². The number of hydrogen-bond acceptors (Lipinski definition) is 6. The van der Waals surface area contributed by atoms with Crippen LogP contribution in [-0.4, -0.2) is 71.3 Å². The number of amides is 4. The van der Waals surface area contributed by atoms with Crippen molar-refractivity contribution >= 4 is 29.6 Å². The highest BCUT2D eigenvalue weighted by Gasteiger charge is 2.69. The van der Waals surface area contributed by atoms with Crippen LogP contribution in [0, 0.1) is 23.2 Å². The number of ketones is 1. The number of carbonyl (C=O) groups is 5. The highest BCUT2D eigenvalue weighted by Crippen LogP contribution is 2.65. The van der Waals surface area contributed by atoms with Gasteiger partial charge in [-0.2, -0.15) is 0 Å². The lowest BCUT2D eigenvalue weighted by Gasteiger charge is -2.35. The molecule has 4 amide bonds. The molecule has 10 heteroatoms. The zero-order valence-electron chi connectivity index (χ0n) is 27.6. The lowest BCUT2D eigenvalue weighted by molar-refractivity contribution is -0.144. The predicted molar refractivity (Wildman–Crippen MR) is 171 cm³/mol. The van der Waals surface area contributed by atoms with Gasteiger partial charge in [-0.25, -0.2) is 4.79 Å². The highest BCUT2D eigenvalue weighted by atomic mass is 16.6. The molecule has 0 spiro atoms. The van der Waals surface area contributed by atoms with E-state index >= 15 is 0 Å².